The molecule has 0 saturated carbocycles. The Morgan fingerprint density at radius 2 is 2.16 bits per heavy atom. The lowest BCUT2D eigenvalue weighted by atomic mass is 10.1. The van der Waals surface area contributed by atoms with Crippen LogP contribution in [0.25, 0.3) is 0 Å². The zero-order valence-corrected chi connectivity index (χ0v) is 11.2. The van der Waals surface area contributed by atoms with Crippen molar-refractivity contribution in [2.75, 3.05) is 11.4 Å². The second-order valence-electron chi connectivity index (χ2n) is 4.79. The molecule has 0 radical (unpaired) electrons. The number of nitrogens with zero attached hydrogens (tertiary/aromatic N) is 2. The Labute approximate surface area is 111 Å². The van der Waals surface area contributed by atoms with Crippen molar-refractivity contribution < 1.29 is 14.5 Å². The van der Waals surface area contributed by atoms with E-state index in [9.17, 15) is 14.9 Å². The molecule has 0 spiro atoms. The lowest BCUT2D eigenvalue weighted by Gasteiger charge is -2.16. The first-order valence-corrected chi connectivity index (χ1v) is 6.16. The number of fused-ring (bicyclic) bond motifs is 1. The fraction of sp³-hybridized carbons (Fsp3) is 0.462. The minimum absolute atomic E-state index is 0.0967. The number of hydrogen-bond acceptors (Lipinski definition) is 4. The molecule has 0 aromatic heterocycles. The van der Waals surface area contributed by atoms with Crippen LogP contribution < -0.4 is 9.64 Å². The molecule has 0 atom stereocenters. The quantitative estimate of drug-likeness (QED) is 0.620. The van der Waals surface area contributed by atoms with Gasteiger partial charge in [-0.1, -0.05) is 0 Å². The van der Waals surface area contributed by atoms with Gasteiger partial charge in [0.1, 0.15) is 0 Å². The van der Waals surface area contributed by atoms with Crippen LogP contribution in [0.3, 0.4) is 0 Å². The third-order valence-electron chi connectivity index (χ3n) is 3.00. The summed E-state index contributed by atoms with van der Waals surface area (Å²) in [4.78, 5) is 23.7. The first-order chi connectivity index (χ1) is 8.90. The first kappa shape index (κ1) is 13.3. The van der Waals surface area contributed by atoms with Crippen LogP contribution in [0.2, 0.25) is 0 Å². The molecular formula is C13H16N2O4. The maximum absolute atomic E-state index is 11.5. The van der Waals surface area contributed by atoms with E-state index in [0.717, 1.165) is 5.56 Å². The SMILES string of the molecule is CC(=O)N1CCc2cc(OC(C)C)c([N+](=O)[O-])cc21. The van der Waals surface area contributed by atoms with Gasteiger partial charge in [-0.25, -0.2) is 0 Å². The van der Waals surface area contributed by atoms with Crippen molar-refractivity contribution in [3.05, 3.63) is 27.8 Å². The van der Waals surface area contributed by atoms with Crippen LogP contribution in [0.1, 0.15) is 26.3 Å². The summed E-state index contributed by atoms with van der Waals surface area (Å²) in [6.07, 6.45) is 0.559. The number of ether oxygens (including phenoxy) is 1. The number of rotatable bonds is 3. The molecule has 1 aliphatic heterocycles. The van der Waals surface area contributed by atoms with E-state index in [1.165, 1.54) is 13.0 Å². The van der Waals surface area contributed by atoms with Crippen molar-refractivity contribution in [1.29, 1.82) is 0 Å². The third kappa shape index (κ3) is 2.52. The van der Waals surface area contributed by atoms with Gasteiger partial charge < -0.3 is 9.64 Å². The van der Waals surface area contributed by atoms with Gasteiger partial charge in [0, 0.05) is 19.5 Å². The Bertz CT molecular complexity index is 540. The first-order valence-electron chi connectivity index (χ1n) is 6.16. The van der Waals surface area contributed by atoms with Gasteiger partial charge >= 0.3 is 5.69 Å². The molecule has 19 heavy (non-hydrogen) atoms. The number of nitro benzene ring substituents is 1. The van der Waals surface area contributed by atoms with Crippen LogP contribution >= 0.6 is 0 Å². The summed E-state index contributed by atoms with van der Waals surface area (Å²) in [5, 5.41) is 11.1. The van der Waals surface area contributed by atoms with Crippen molar-refractivity contribution in [1.82, 2.24) is 0 Å². The van der Waals surface area contributed by atoms with Crippen molar-refractivity contribution in [3.8, 4) is 5.75 Å². The number of carbonyl (C=O) groups is 1. The van der Waals surface area contributed by atoms with Gasteiger partial charge in [-0.2, -0.15) is 0 Å². The molecule has 1 heterocycles. The lowest BCUT2D eigenvalue weighted by Crippen LogP contribution is -2.25. The van der Waals surface area contributed by atoms with Gasteiger partial charge in [-0.15, -0.1) is 0 Å². The number of nitro groups is 1. The largest absolute Gasteiger partial charge is 0.484 e. The minimum Gasteiger partial charge on any atom is -0.484 e. The number of benzene rings is 1. The zero-order chi connectivity index (χ0) is 14.2. The van der Waals surface area contributed by atoms with Gasteiger partial charge in [0.15, 0.2) is 5.75 Å². The number of hydrogen-bond donors (Lipinski definition) is 0. The highest BCUT2D eigenvalue weighted by Gasteiger charge is 2.28. The molecule has 1 aromatic rings. The standard InChI is InChI=1S/C13H16N2O4/c1-8(2)19-13-6-10-4-5-14(9(3)16)11(10)7-12(13)15(17)18/h6-8H,4-5H2,1-3H3. The summed E-state index contributed by atoms with van der Waals surface area (Å²) in [6, 6.07) is 3.11. The van der Waals surface area contributed by atoms with Crippen molar-refractivity contribution >= 4 is 17.3 Å². The van der Waals surface area contributed by atoms with Crippen molar-refractivity contribution in [2.24, 2.45) is 0 Å². The summed E-state index contributed by atoms with van der Waals surface area (Å²) in [7, 11) is 0. The Balaban J connectivity index is 2.50. The van der Waals surface area contributed by atoms with Gasteiger partial charge in [-0.3, -0.25) is 14.9 Å². The number of amides is 1. The highest BCUT2D eigenvalue weighted by Crippen LogP contribution is 2.38. The smallest absolute Gasteiger partial charge is 0.313 e. The second-order valence-corrected chi connectivity index (χ2v) is 4.79. The van der Waals surface area contributed by atoms with Crippen LogP contribution in [0, 0.1) is 10.1 Å². The van der Waals surface area contributed by atoms with Gasteiger partial charge in [-0.05, 0) is 31.9 Å². The third-order valence-corrected chi connectivity index (χ3v) is 3.00. The van der Waals surface area contributed by atoms with Crippen LogP contribution in [0.5, 0.6) is 5.75 Å². The zero-order valence-electron chi connectivity index (χ0n) is 11.2. The fourth-order valence-corrected chi connectivity index (χ4v) is 2.22. The second kappa shape index (κ2) is 4.87. The Morgan fingerprint density at radius 1 is 1.47 bits per heavy atom. The molecule has 0 saturated heterocycles. The van der Waals surface area contributed by atoms with E-state index in [2.05, 4.69) is 0 Å². The normalized spacial score (nSPS) is 13.6. The van der Waals surface area contributed by atoms with Crippen LogP contribution in [-0.4, -0.2) is 23.5 Å². The van der Waals surface area contributed by atoms with Gasteiger partial charge in [0.25, 0.3) is 0 Å². The van der Waals surface area contributed by atoms with Gasteiger partial charge in [0.2, 0.25) is 5.91 Å². The molecule has 1 aliphatic rings. The fourth-order valence-electron chi connectivity index (χ4n) is 2.22. The summed E-state index contributed by atoms with van der Waals surface area (Å²) < 4.78 is 5.48. The highest BCUT2D eigenvalue weighted by atomic mass is 16.6. The molecule has 102 valence electrons. The van der Waals surface area contributed by atoms with E-state index in [0.29, 0.717) is 18.7 Å². The number of carbonyl (C=O) groups excluding carboxylic acids is 1. The van der Waals surface area contributed by atoms with Gasteiger partial charge in [0.05, 0.1) is 16.7 Å². The summed E-state index contributed by atoms with van der Waals surface area (Å²) in [5.74, 6) is 0.162. The van der Waals surface area contributed by atoms with E-state index < -0.39 is 4.92 Å². The maximum atomic E-state index is 11.5. The molecule has 0 aliphatic carbocycles. The summed E-state index contributed by atoms with van der Waals surface area (Å²) >= 11 is 0. The Hall–Kier alpha value is -2.11. The van der Waals surface area contributed by atoms with Crippen LogP contribution in [0.4, 0.5) is 11.4 Å². The molecular weight excluding hydrogens is 248 g/mol. The Morgan fingerprint density at radius 3 is 2.68 bits per heavy atom. The molecule has 1 amide bonds. The monoisotopic (exact) mass is 264 g/mol. The molecule has 0 unspecified atom stereocenters. The van der Waals surface area contributed by atoms with E-state index in [1.807, 2.05) is 13.8 Å². The number of anilines is 1. The molecule has 2 rings (SSSR count). The van der Waals surface area contributed by atoms with Crippen molar-refractivity contribution in [3.63, 3.8) is 0 Å². The summed E-state index contributed by atoms with van der Waals surface area (Å²) in [6.45, 7) is 5.66. The molecule has 1 aromatic carbocycles. The topological polar surface area (TPSA) is 72.7 Å². The Kier molecular flexibility index (Phi) is 3.42. The molecule has 0 fully saturated rings. The molecule has 0 bridgehead atoms. The van der Waals surface area contributed by atoms with E-state index in [-0.39, 0.29) is 23.4 Å². The van der Waals surface area contributed by atoms with Crippen LogP contribution in [0.15, 0.2) is 12.1 Å². The molecule has 6 nitrogen and oxygen atoms in total. The minimum atomic E-state index is -0.478. The molecule has 0 N–H and O–H groups in total. The predicted molar refractivity (Wildman–Crippen MR) is 70.6 cm³/mol. The average Bonchev–Trinajstić information content (AvgIpc) is 2.69. The predicted octanol–water partition coefficient (Wildman–Crippen LogP) is 2.29. The average molecular weight is 264 g/mol. The summed E-state index contributed by atoms with van der Waals surface area (Å²) in [5.41, 5.74) is 1.44. The highest BCUT2D eigenvalue weighted by molar-refractivity contribution is 5.94. The lowest BCUT2D eigenvalue weighted by molar-refractivity contribution is -0.386. The van der Waals surface area contributed by atoms with Crippen molar-refractivity contribution in [2.45, 2.75) is 33.3 Å². The molecule has 6 heteroatoms. The maximum Gasteiger partial charge on any atom is 0.313 e. The van der Waals surface area contributed by atoms with E-state index >= 15 is 0 Å². The van der Waals surface area contributed by atoms with Crippen LogP contribution in [-0.2, 0) is 11.2 Å². The van der Waals surface area contributed by atoms with E-state index in [4.69, 9.17) is 4.74 Å². The van der Waals surface area contributed by atoms with E-state index in [1.54, 1.807) is 11.0 Å².